The van der Waals surface area contributed by atoms with Crippen LogP contribution in [0.1, 0.15) is 20.3 Å². The van der Waals surface area contributed by atoms with Gasteiger partial charge in [-0.2, -0.15) is 26.6 Å². The van der Waals surface area contributed by atoms with E-state index in [1.54, 1.807) is 19.1 Å². The Labute approximate surface area is 224 Å². The van der Waals surface area contributed by atoms with Crippen molar-refractivity contribution in [3.05, 3.63) is 84.9 Å². The zero-order valence-electron chi connectivity index (χ0n) is 18.8. The van der Waals surface area contributed by atoms with E-state index in [9.17, 15) is 17.8 Å². The van der Waals surface area contributed by atoms with Gasteiger partial charge in [-0.1, -0.05) is 43.3 Å². The summed E-state index contributed by atoms with van der Waals surface area (Å²) in [5.41, 5.74) is -0.645. The standard InChI is InChI=1S/C24H25O5PS.ClH.Na/c1-3-21(24(25)29-4-2)30(19-13-7-5-8-14-19,20-15-9-6-10-16-20)22-17-11-12-18-23(22)31(26,27)28;;/h5-17,21H,3-4H2,1-2H3,(H,26,27,28);1H;/q;;+1/p-1. The van der Waals surface area contributed by atoms with Crippen molar-refractivity contribution < 1.29 is 64.5 Å². The van der Waals surface area contributed by atoms with E-state index in [0.717, 1.165) is 10.6 Å². The maximum atomic E-state index is 13.3. The quantitative estimate of drug-likeness (QED) is 0.117. The van der Waals surface area contributed by atoms with E-state index in [1.807, 2.05) is 67.6 Å². The van der Waals surface area contributed by atoms with Crippen LogP contribution < -0.4 is 57.9 Å². The first-order chi connectivity index (χ1) is 14.9. The monoisotopic (exact) mass is 514 g/mol. The summed E-state index contributed by atoms with van der Waals surface area (Å²) < 4.78 is 40.3. The minimum Gasteiger partial charge on any atom is -1.00 e. The molecule has 3 aromatic rings. The fraction of sp³-hybridized carbons (Fsp3) is 0.208. The Hall–Kier alpha value is -1.24. The Morgan fingerprint density at radius 2 is 1.48 bits per heavy atom. The predicted octanol–water partition coefficient (Wildman–Crippen LogP) is -2.62. The molecule has 3 rings (SSSR count). The number of carbonyl (C=O) groups excluding carboxylic acids is 1. The van der Waals surface area contributed by atoms with Crippen molar-refractivity contribution in [3.8, 4) is 0 Å². The number of hydrogen-bond acceptors (Lipinski definition) is 4. The predicted molar refractivity (Wildman–Crippen MR) is 125 cm³/mol. The summed E-state index contributed by atoms with van der Waals surface area (Å²) >= 11 is 0. The molecule has 170 valence electrons. The number of esters is 1. The maximum Gasteiger partial charge on any atom is 1.00 e. The topological polar surface area (TPSA) is 80.7 Å². The molecule has 0 aliphatic heterocycles. The van der Waals surface area contributed by atoms with E-state index in [4.69, 9.17) is 4.74 Å². The molecule has 0 radical (unpaired) electrons. The molecule has 0 spiro atoms. The van der Waals surface area contributed by atoms with E-state index < -0.39 is 29.0 Å². The molecule has 0 aromatic heterocycles. The van der Waals surface area contributed by atoms with Crippen LogP contribution in [-0.4, -0.2) is 31.2 Å². The van der Waals surface area contributed by atoms with Gasteiger partial charge in [-0.05, 0) is 37.6 Å². The molecule has 1 atom stereocenters. The van der Waals surface area contributed by atoms with Crippen LogP contribution in [-0.2, 0) is 19.6 Å². The summed E-state index contributed by atoms with van der Waals surface area (Å²) in [6.45, 7) is 3.85. The average molecular weight is 515 g/mol. The van der Waals surface area contributed by atoms with Gasteiger partial charge in [0, 0.05) is 10.2 Å². The third-order valence-corrected chi connectivity index (χ3v) is 11.0. The van der Waals surface area contributed by atoms with E-state index in [2.05, 4.69) is 6.07 Å². The normalized spacial score (nSPS) is 12.1. The van der Waals surface area contributed by atoms with Gasteiger partial charge >= 0.3 is 35.5 Å². The fourth-order valence-electron chi connectivity index (χ4n) is 4.02. The zero-order chi connectivity index (χ0) is 22.5. The summed E-state index contributed by atoms with van der Waals surface area (Å²) in [5.74, 6) is -0.392. The Morgan fingerprint density at radius 1 is 0.970 bits per heavy atom. The molecular formula is C24H25ClNaO5PS. The van der Waals surface area contributed by atoms with Gasteiger partial charge < -0.3 is 17.1 Å². The van der Waals surface area contributed by atoms with Gasteiger partial charge in [-0.25, -0.2) is 4.79 Å². The Morgan fingerprint density at radius 3 is 1.91 bits per heavy atom. The molecule has 1 unspecified atom stereocenters. The van der Waals surface area contributed by atoms with Crippen molar-refractivity contribution >= 4 is 39.3 Å². The third kappa shape index (κ3) is 6.07. The fourth-order valence-corrected chi connectivity index (χ4v) is 10.2. The molecule has 0 heterocycles. The molecule has 5 nitrogen and oxygen atoms in total. The number of rotatable bonds is 8. The van der Waals surface area contributed by atoms with Gasteiger partial charge in [0.2, 0.25) is 0 Å². The van der Waals surface area contributed by atoms with Crippen molar-refractivity contribution in [1.29, 1.82) is 0 Å². The van der Waals surface area contributed by atoms with Crippen LogP contribution in [0.3, 0.4) is 0 Å². The van der Waals surface area contributed by atoms with Crippen LogP contribution in [0.2, 0.25) is 0 Å². The number of carbonyl (C=O) groups is 1. The first kappa shape index (κ1) is 29.8. The summed E-state index contributed by atoms with van der Waals surface area (Å²) in [4.78, 5) is 13.0. The van der Waals surface area contributed by atoms with Crippen molar-refractivity contribution in [3.63, 3.8) is 0 Å². The van der Waals surface area contributed by atoms with Crippen LogP contribution in [0.25, 0.3) is 0 Å². The minimum absolute atomic E-state index is 0. The summed E-state index contributed by atoms with van der Waals surface area (Å²) in [5, 5.41) is 2.03. The van der Waals surface area contributed by atoms with Crippen LogP contribution in [0.4, 0.5) is 0 Å². The second-order valence-corrected chi connectivity index (χ2v) is 11.9. The first-order valence-corrected chi connectivity index (χ1v) is 13.3. The number of ether oxygens (including phenoxy) is 1. The molecule has 0 aliphatic carbocycles. The van der Waals surface area contributed by atoms with Crippen molar-refractivity contribution in [2.45, 2.75) is 30.8 Å². The number of halogens is 1. The smallest absolute Gasteiger partial charge is 1.00 e. The Kier molecular flexibility index (Phi) is 11.7. The SMILES string of the molecule is CCOC(=O)C(CC)[P+](c1ccccc1)(c1ccccc1)c1ccc[c-]c1S(=O)(=O)O.[Cl-].[Na+]. The molecule has 3 aromatic carbocycles. The maximum absolute atomic E-state index is 13.3. The third-order valence-electron chi connectivity index (χ3n) is 5.18. The van der Waals surface area contributed by atoms with Gasteiger partial charge in [0.15, 0.2) is 5.66 Å². The molecule has 1 N–H and O–H groups in total. The molecule has 0 saturated carbocycles. The summed E-state index contributed by atoms with van der Waals surface area (Å²) in [6, 6.07) is 26.3. The first-order valence-electron chi connectivity index (χ1n) is 10.0. The zero-order valence-corrected chi connectivity index (χ0v) is 23.3. The van der Waals surface area contributed by atoms with Crippen LogP contribution in [0.5, 0.6) is 0 Å². The number of hydrogen-bond donors (Lipinski definition) is 1. The molecule has 0 saturated heterocycles. The van der Waals surface area contributed by atoms with Crippen LogP contribution in [0.15, 0.2) is 83.8 Å². The van der Waals surface area contributed by atoms with Crippen LogP contribution in [0, 0.1) is 6.07 Å². The number of benzene rings is 3. The largest absolute Gasteiger partial charge is 1.00 e. The van der Waals surface area contributed by atoms with Crippen molar-refractivity contribution in [2.75, 3.05) is 6.61 Å². The average Bonchev–Trinajstić information content (AvgIpc) is 2.78. The second kappa shape index (κ2) is 13.0. The van der Waals surface area contributed by atoms with E-state index in [1.165, 1.54) is 6.07 Å². The van der Waals surface area contributed by atoms with E-state index in [0.29, 0.717) is 11.7 Å². The summed E-state index contributed by atoms with van der Waals surface area (Å²) in [6.07, 6.45) is 0.427. The van der Waals surface area contributed by atoms with Crippen molar-refractivity contribution in [2.24, 2.45) is 0 Å². The molecule has 0 amide bonds. The van der Waals surface area contributed by atoms with Crippen LogP contribution >= 0.6 is 7.26 Å². The molecule has 0 bridgehead atoms. The Bertz CT molecular complexity index is 1100. The van der Waals surface area contributed by atoms with Gasteiger partial charge in [0.1, 0.15) is 0 Å². The van der Waals surface area contributed by atoms with Crippen molar-refractivity contribution in [1.82, 2.24) is 0 Å². The van der Waals surface area contributed by atoms with Gasteiger partial charge in [0.05, 0.1) is 24.5 Å². The molecular weight excluding hydrogens is 490 g/mol. The molecule has 0 aliphatic rings. The molecule has 9 heteroatoms. The van der Waals surface area contributed by atoms with Gasteiger partial charge in [-0.3, -0.25) is 4.55 Å². The van der Waals surface area contributed by atoms with Gasteiger partial charge in [0.25, 0.3) is 10.1 Å². The molecule has 0 fully saturated rings. The summed E-state index contributed by atoms with van der Waals surface area (Å²) in [7, 11) is -7.52. The van der Waals surface area contributed by atoms with E-state index >= 15 is 0 Å². The van der Waals surface area contributed by atoms with Gasteiger partial charge in [-0.15, -0.1) is 6.07 Å². The second-order valence-electron chi connectivity index (χ2n) is 6.93. The molecule has 33 heavy (non-hydrogen) atoms. The van der Waals surface area contributed by atoms with E-state index in [-0.39, 0.29) is 53.5 Å². The minimum atomic E-state index is -4.59. The Balaban J connectivity index is 0.00000272.